The predicted octanol–water partition coefficient (Wildman–Crippen LogP) is 3.71. The van der Waals surface area contributed by atoms with Crippen LogP contribution in [0.2, 0.25) is 0 Å². The Kier molecular flexibility index (Phi) is 4.98. The van der Waals surface area contributed by atoms with Crippen molar-refractivity contribution >= 4 is 11.6 Å². The molecule has 0 saturated carbocycles. The Morgan fingerprint density at radius 3 is 2.28 bits per heavy atom. The van der Waals surface area contributed by atoms with E-state index in [1.165, 1.54) is 32.1 Å². The number of hydrogen-bond acceptors (Lipinski definition) is 3. The molecule has 3 saturated heterocycles. The molecular formula is C21H30N2O2. The van der Waals surface area contributed by atoms with Gasteiger partial charge in [0.25, 0.3) is 5.91 Å². The lowest BCUT2D eigenvalue weighted by Crippen LogP contribution is -2.45. The molecule has 1 aromatic rings. The van der Waals surface area contributed by atoms with Gasteiger partial charge < -0.3 is 14.5 Å². The first-order valence-corrected chi connectivity index (χ1v) is 9.99. The minimum absolute atomic E-state index is 0.225. The summed E-state index contributed by atoms with van der Waals surface area (Å²) < 4.78 is 5.54. The molecule has 3 aliphatic rings. The van der Waals surface area contributed by atoms with E-state index in [2.05, 4.69) is 21.9 Å². The van der Waals surface area contributed by atoms with Crippen LogP contribution in [0.3, 0.4) is 0 Å². The van der Waals surface area contributed by atoms with E-state index in [0.29, 0.717) is 5.41 Å². The van der Waals surface area contributed by atoms with Gasteiger partial charge in [-0.1, -0.05) is 12.1 Å². The fourth-order valence-electron chi connectivity index (χ4n) is 4.72. The highest BCUT2D eigenvalue weighted by Gasteiger charge is 2.37. The second-order valence-electron chi connectivity index (χ2n) is 7.97. The van der Waals surface area contributed by atoms with Gasteiger partial charge in [-0.15, -0.1) is 0 Å². The number of carbonyl (C=O) groups is 1. The second kappa shape index (κ2) is 7.36. The minimum Gasteiger partial charge on any atom is -0.381 e. The standard InChI is InChI=1S/C21H30N2O2/c24-20(23-14-8-21(9-15-23)10-16-25-17-11-21)18-6-2-3-7-19(18)22-12-4-1-5-13-22/h2-3,6-7H,1,4-5,8-17H2. The molecule has 0 bridgehead atoms. The van der Waals surface area contributed by atoms with Gasteiger partial charge in [0.2, 0.25) is 0 Å². The number of likely N-dealkylation sites (tertiary alicyclic amines) is 1. The normalized spacial score (nSPS) is 23.7. The third kappa shape index (κ3) is 3.55. The summed E-state index contributed by atoms with van der Waals surface area (Å²) in [6, 6.07) is 8.21. The molecule has 0 unspecified atom stereocenters. The molecule has 0 aromatic heterocycles. The van der Waals surface area contributed by atoms with Crippen molar-refractivity contribution < 1.29 is 9.53 Å². The van der Waals surface area contributed by atoms with Crippen LogP contribution in [0.15, 0.2) is 24.3 Å². The quantitative estimate of drug-likeness (QED) is 0.821. The van der Waals surface area contributed by atoms with Crippen LogP contribution in [0.25, 0.3) is 0 Å². The van der Waals surface area contributed by atoms with Crippen molar-refractivity contribution in [3.63, 3.8) is 0 Å². The molecule has 3 fully saturated rings. The van der Waals surface area contributed by atoms with Crippen LogP contribution in [0, 0.1) is 5.41 Å². The number of piperidine rings is 2. The summed E-state index contributed by atoms with van der Waals surface area (Å²) in [5, 5.41) is 0. The van der Waals surface area contributed by atoms with Crippen LogP contribution in [-0.2, 0) is 4.74 Å². The first-order valence-electron chi connectivity index (χ1n) is 9.99. The number of amides is 1. The highest BCUT2D eigenvalue weighted by molar-refractivity contribution is 5.99. The van der Waals surface area contributed by atoms with Crippen LogP contribution < -0.4 is 4.90 Å². The number of anilines is 1. The summed E-state index contributed by atoms with van der Waals surface area (Å²) in [5.41, 5.74) is 2.47. The van der Waals surface area contributed by atoms with Crippen LogP contribution in [0.5, 0.6) is 0 Å². The van der Waals surface area contributed by atoms with E-state index in [-0.39, 0.29) is 5.91 Å². The fraction of sp³-hybridized carbons (Fsp3) is 0.667. The van der Waals surface area contributed by atoms with Crippen molar-refractivity contribution in [2.75, 3.05) is 44.3 Å². The lowest BCUT2D eigenvalue weighted by Gasteiger charge is -2.44. The number of ether oxygens (including phenoxy) is 1. The lowest BCUT2D eigenvalue weighted by molar-refractivity contribution is -0.0175. The van der Waals surface area contributed by atoms with Crippen molar-refractivity contribution in [3.8, 4) is 0 Å². The number of nitrogens with zero attached hydrogens (tertiary/aromatic N) is 2. The first-order chi connectivity index (χ1) is 12.3. The summed E-state index contributed by atoms with van der Waals surface area (Å²) in [5.74, 6) is 0.225. The van der Waals surface area contributed by atoms with Gasteiger partial charge >= 0.3 is 0 Å². The number of benzene rings is 1. The molecule has 0 atom stereocenters. The third-order valence-electron chi connectivity index (χ3n) is 6.50. The Hall–Kier alpha value is -1.55. The Balaban J connectivity index is 1.46. The molecule has 3 heterocycles. The maximum Gasteiger partial charge on any atom is 0.255 e. The van der Waals surface area contributed by atoms with Gasteiger partial charge in [0, 0.05) is 45.1 Å². The molecule has 0 radical (unpaired) electrons. The fourth-order valence-corrected chi connectivity index (χ4v) is 4.72. The van der Waals surface area contributed by atoms with Crippen molar-refractivity contribution in [2.45, 2.75) is 44.9 Å². The van der Waals surface area contributed by atoms with Crippen molar-refractivity contribution in [1.82, 2.24) is 4.90 Å². The van der Waals surface area contributed by atoms with E-state index >= 15 is 0 Å². The number of rotatable bonds is 2. The van der Waals surface area contributed by atoms with Gasteiger partial charge in [0.05, 0.1) is 5.56 Å². The van der Waals surface area contributed by atoms with Crippen LogP contribution in [0.4, 0.5) is 5.69 Å². The van der Waals surface area contributed by atoms with Gasteiger partial charge in [-0.05, 0) is 62.5 Å². The molecule has 4 rings (SSSR count). The van der Waals surface area contributed by atoms with Gasteiger partial charge in [-0.2, -0.15) is 0 Å². The van der Waals surface area contributed by atoms with Crippen LogP contribution in [0.1, 0.15) is 55.3 Å². The summed E-state index contributed by atoms with van der Waals surface area (Å²) in [4.78, 5) is 17.7. The third-order valence-corrected chi connectivity index (χ3v) is 6.50. The molecule has 1 spiro atoms. The number of hydrogen-bond donors (Lipinski definition) is 0. The van der Waals surface area contributed by atoms with E-state index in [1.807, 2.05) is 12.1 Å². The average molecular weight is 342 g/mol. The van der Waals surface area contributed by atoms with Gasteiger partial charge in [-0.3, -0.25) is 4.79 Å². The van der Waals surface area contributed by atoms with Crippen molar-refractivity contribution in [2.24, 2.45) is 5.41 Å². The Labute approximate surface area is 151 Å². The predicted molar refractivity (Wildman–Crippen MR) is 100 cm³/mol. The molecule has 3 aliphatic heterocycles. The van der Waals surface area contributed by atoms with E-state index < -0.39 is 0 Å². The van der Waals surface area contributed by atoms with Gasteiger partial charge in [0.1, 0.15) is 0 Å². The van der Waals surface area contributed by atoms with E-state index in [4.69, 9.17) is 4.74 Å². The molecule has 25 heavy (non-hydrogen) atoms. The molecule has 4 nitrogen and oxygen atoms in total. The first kappa shape index (κ1) is 16.9. The topological polar surface area (TPSA) is 32.8 Å². The summed E-state index contributed by atoms with van der Waals surface area (Å²) in [7, 11) is 0. The zero-order chi connectivity index (χ0) is 17.1. The Morgan fingerprint density at radius 2 is 1.56 bits per heavy atom. The SMILES string of the molecule is O=C(c1ccccc1N1CCCCC1)N1CCC2(CCOCC2)CC1. The molecule has 0 aliphatic carbocycles. The highest BCUT2D eigenvalue weighted by Crippen LogP contribution is 2.41. The monoisotopic (exact) mass is 342 g/mol. The molecule has 136 valence electrons. The maximum absolute atomic E-state index is 13.2. The summed E-state index contributed by atoms with van der Waals surface area (Å²) in [6.07, 6.45) is 8.37. The Bertz CT molecular complexity index is 594. The van der Waals surface area contributed by atoms with Gasteiger partial charge in [0.15, 0.2) is 0 Å². The molecule has 1 amide bonds. The van der Waals surface area contributed by atoms with Crippen molar-refractivity contribution in [3.05, 3.63) is 29.8 Å². The maximum atomic E-state index is 13.2. The zero-order valence-electron chi connectivity index (χ0n) is 15.2. The summed E-state index contributed by atoms with van der Waals surface area (Å²) >= 11 is 0. The largest absolute Gasteiger partial charge is 0.381 e. The summed E-state index contributed by atoms with van der Waals surface area (Å²) in [6.45, 7) is 5.73. The molecular weight excluding hydrogens is 312 g/mol. The van der Waals surface area contributed by atoms with Gasteiger partial charge in [-0.25, -0.2) is 0 Å². The molecule has 0 N–H and O–H groups in total. The average Bonchev–Trinajstić information content (AvgIpc) is 2.69. The van der Waals surface area contributed by atoms with E-state index in [0.717, 1.165) is 63.5 Å². The number of para-hydroxylation sites is 1. The lowest BCUT2D eigenvalue weighted by atomic mass is 9.72. The van der Waals surface area contributed by atoms with Crippen LogP contribution >= 0.6 is 0 Å². The minimum atomic E-state index is 0.225. The zero-order valence-corrected chi connectivity index (χ0v) is 15.2. The van der Waals surface area contributed by atoms with E-state index in [9.17, 15) is 4.79 Å². The van der Waals surface area contributed by atoms with Crippen molar-refractivity contribution in [1.29, 1.82) is 0 Å². The van der Waals surface area contributed by atoms with Crippen LogP contribution in [-0.4, -0.2) is 50.2 Å². The molecule has 4 heteroatoms. The second-order valence-corrected chi connectivity index (χ2v) is 7.97. The van der Waals surface area contributed by atoms with E-state index in [1.54, 1.807) is 0 Å². The highest BCUT2D eigenvalue weighted by atomic mass is 16.5. The Morgan fingerprint density at radius 1 is 0.880 bits per heavy atom. The number of carbonyl (C=O) groups excluding carboxylic acids is 1. The molecule has 1 aromatic carbocycles. The smallest absolute Gasteiger partial charge is 0.255 e.